The number of hydrogen-bond donors (Lipinski definition) is 1. The average Bonchev–Trinajstić information content (AvgIpc) is 2.38. The van der Waals surface area contributed by atoms with Gasteiger partial charge in [-0.1, -0.05) is 13.8 Å². The minimum absolute atomic E-state index is 0.723. The van der Waals surface area contributed by atoms with E-state index in [1.54, 1.807) is 0 Å². The molecule has 1 aliphatic carbocycles. The molecule has 0 amide bonds. The second kappa shape index (κ2) is 9.01. The van der Waals surface area contributed by atoms with Gasteiger partial charge in [-0.15, -0.1) is 0 Å². The van der Waals surface area contributed by atoms with Crippen LogP contribution in [0.25, 0.3) is 0 Å². The first kappa shape index (κ1) is 17.9. The zero-order valence-electron chi connectivity index (χ0n) is 14.7. The summed E-state index contributed by atoms with van der Waals surface area (Å²) in [6.45, 7) is 8.45. The van der Waals surface area contributed by atoms with Crippen LogP contribution in [0, 0.1) is 17.8 Å². The Kier molecular flexibility index (Phi) is 8.08. The van der Waals surface area contributed by atoms with Gasteiger partial charge in [-0.3, -0.25) is 0 Å². The van der Waals surface area contributed by atoms with Crippen molar-refractivity contribution in [3.8, 4) is 0 Å². The molecule has 0 radical (unpaired) electrons. The molecular formula is C17H37N3. The molecule has 0 aromatic heterocycles. The summed E-state index contributed by atoms with van der Waals surface area (Å²) >= 11 is 0. The molecule has 20 heavy (non-hydrogen) atoms. The average molecular weight is 284 g/mol. The highest BCUT2D eigenvalue weighted by molar-refractivity contribution is 4.86. The van der Waals surface area contributed by atoms with Crippen molar-refractivity contribution in [2.45, 2.75) is 45.6 Å². The van der Waals surface area contributed by atoms with Crippen LogP contribution < -0.4 is 5.32 Å². The van der Waals surface area contributed by atoms with E-state index in [9.17, 15) is 0 Å². The zero-order valence-corrected chi connectivity index (χ0v) is 14.7. The van der Waals surface area contributed by atoms with Crippen LogP contribution >= 0.6 is 0 Å². The van der Waals surface area contributed by atoms with Crippen LogP contribution in [0.2, 0.25) is 0 Å². The normalized spacial score (nSPS) is 27.8. The van der Waals surface area contributed by atoms with E-state index in [1.165, 1.54) is 45.3 Å². The van der Waals surface area contributed by atoms with Crippen LogP contribution in [0.4, 0.5) is 0 Å². The molecular weight excluding hydrogens is 246 g/mol. The smallest absolute Gasteiger partial charge is 0.0105 e. The molecule has 3 unspecified atom stereocenters. The van der Waals surface area contributed by atoms with Crippen molar-refractivity contribution in [1.29, 1.82) is 0 Å². The predicted octanol–water partition coefficient (Wildman–Crippen LogP) is 2.53. The maximum Gasteiger partial charge on any atom is 0.0105 e. The monoisotopic (exact) mass is 283 g/mol. The first-order chi connectivity index (χ1) is 9.43. The first-order valence-corrected chi connectivity index (χ1v) is 8.44. The van der Waals surface area contributed by atoms with E-state index in [1.807, 2.05) is 0 Å². The molecule has 3 atom stereocenters. The number of rotatable bonds is 8. The van der Waals surface area contributed by atoms with Gasteiger partial charge in [0.2, 0.25) is 0 Å². The van der Waals surface area contributed by atoms with Gasteiger partial charge in [0.15, 0.2) is 0 Å². The van der Waals surface area contributed by atoms with Gasteiger partial charge in [0, 0.05) is 12.6 Å². The lowest BCUT2D eigenvalue weighted by molar-refractivity contribution is 0.134. The Morgan fingerprint density at radius 2 is 1.80 bits per heavy atom. The topological polar surface area (TPSA) is 18.5 Å². The third kappa shape index (κ3) is 6.11. The molecule has 1 N–H and O–H groups in total. The van der Waals surface area contributed by atoms with Crippen LogP contribution in [0.15, 0.2) is 0 Å². The fraction of sp³-hybridized carbons (Fsp3) is 1.00. The van der Waals surface area contributed by atoms with E-state index in [2.05, 4.69) is 57.2 Å². The molecule has 0 aromatic rings. The summed E-state index contributed by atoms with van der Waals surface area (Å²) in [6.07, 6.45) is 5.44. The summed E-state index contributed by atoms with van der Waals surface area (Å²) in [7, 11) is 8.75. The molecule has 0 aliphatic heterocycles. The van der Waals surface area contributed by atoms with Crippen LogP contribution in [-0.2, 0) is 0 Å². The summed E-state index contributed by atoms with van der Waals surface area (Å²) in [4.78, 5) is 4.82. The molecule has 1 saturated carbocycles. The Morgan fingerprint density at radius 3 is 2.35 bits per heavy atom. The summed E-state index contributed by atoms with van der Waals surface area (Å²) < 4.78 is 0. The van der Waals surface area contributed by atoms with Crippen molar-refractivity contribution >= 4 is 0 Å². The number of nitrogens with zero attached hydrogens (tertiary/aromatic N) is 2. The molecule has 0 spiro atoms. The third-order valence-corrected chi connectivity index (χ3v) is 5.03. The molecule has 1 rings (SSSR count). The fourth-order valence-corrected chi connectivity index (χ4v) is 3.64. The highest BCUT2D eigenvalue weighted by atomic mass is 15.1. The highest BCUT2D eigenvalue weighted by Crippen LogP contribution is 2.34. The summed E-state index contributed by atoms with van der Waals surface area (Å²) in [5.41, 5.74) is 0. The first-order valence-electron chi connectivity index (χ1n) is 8.44. The Hall–Kier alpha value is -0.120. The van der Waals surface area contributed by atoms with Gasteiger partial charge < -0.3 is 15.1 Å². The Balaban J connectivity index is 2.40. The quantitative estimate of drug-likeness (QED) is 0.738. The molecule has 3 nitrogen and oxygen atoms in total. The van der Waals surface area contributed by atoms with E-state index in [0.717, 1.165) is 23.8 Å². The Labute approximate surface area is 127 Å². The second-order valence-electron chi connectivity index (χ2n) is 7.39. The maximum atomic E-state index is 3.56. The van der Waals surface area contributed by atoms with Crippen molar-refractivity contribution in [3.05, 3.63) is 0 Å². The van der Waals surface area contributed by atoms with Crippen molar-refractivity contribution in [3.63, 3.8) is 0 Å². The molecule has 1 fully saturated rings. The molecule has 0 aromatic carbocycles. The van der Waals surface area contributed by atoms with Gasteiger partial charge in [0.05, 0.1) is 0 Å². The van der Waals surface area contributed by atoms with E-state index >= 15 is 0 Å². The lowest BCUT2D eigenvalue weighted by atomic mass is 9.73. The Bertz CT molecular complexity index is 253. The lowest BCUT2D eigenvalue weighted by Gasteiger charge is -2.39. The summed E-state index contributed by atoms with van der Waals surface area (Å²) in [6, 6.07) is 0.723. The van der Waals surface area contributed by atoms with Crippen molar-refractivity contribution in [2.24, 2.45) is 17.8 Å². The van der Waals surface area contributed by atoms with Gasteiger partial charge in [0.1, 0.15) is 0 Å². The molecule has 3 heteroatoms. The SMILES string of the molecule is CNC1CCC(C(C)C)CC1CN(C)CCCN(C)C. The molecule has 0 heterocycles. The summed E-state index contributed by atoms with van der Waals surface area (Å²) in [5, 5.41) is 3.56. The van der Waals surface area contributed by atoms with Gasteiger partial charge in [-0.05, 0) is 84.7 Å². The predicted molar refractivity (Wildman–Crippen MR) is 89.2 cm³/mol. The third-order valence-electron chi connectivity index (χ3n) is 5.03. The van der Waals surface area contributed by atoms with Gasteiger partial charge in [-0.2, -0.15) is 0 Å². The molecule has 0 saturated heterocycles. The van der Waals surface area contributed by atoms with E-state index < -0.39 is 0 Å². The molecule has 1 aliphatic rings. The minimum atomic E-state index is 0.723. The zero-order chi connectivity index (χ0) is 15.1. The van der Waals surface area contributed by atoms with Crippen molar-refractivity contribution in [1.82, 2.24) is 15.1 Å². The van der Waals surface area contributed by atoms with E-state index in [4.69, 9.17) is 0 Å². The van der Waals surface area contributed by atoms with Gasteiger partial charge >= 0.3 is 0 Å². The van der Waals surface area contributed by atoms with Crippen LogP contribution in [0.3, 0.4) is 0 Å². The minimum Gasteiger partial charge on any atom is -0.317 e. The second-order valence-corrected chi connectivity index (χ2v) is 7.39. The van der Waals surface area contributed by atoms with E-state index in [0.29, 0.717) is 0 Å². The highest BCUT2D eigenvalue weighted by Gasteiger charge is 2.31. The van der Waals surface area contributed by atoms with Gasteiger partial charge in [-0.25, -0.2) is 0 Å². The van der Waals surface area contributed by atoms with Crippen LogP contribution in [0.5, 0.6) is 0 Å². The lowest BCUT2D eigenvalue weighted by Crippen LogP contribution is -2.44. The van der Waals surface area contributed by atoms with E-state index in [-0.39, 0.29) is 0 Å². The van der Waals surface area contributed by atoms with Crippen LogP contribution in [0.1, 0.15) is 39.5 Å². The standard InChI is InChI=1S/C17H37N3/c1-14(2)15-8-9-17(18-3)16(12-15)13-20(6)11-7-10-19(4)5/h14-18H,7-13H2,1-6H3. The molecule has 0 bridgehead atoms. The largest absolute Gasteiger partial charge is 0.317 e. The van der Waals surface area contributed by atoms with Gasteiger partial charge in [0.25, 0.3) is 0 Å². The maximum absolute atomic E-state index is 3.56. The number of nitrogens with one attached hydrogen (secondary N) is 1. The van der Waals surface area contributed by atoms with Crippen molar-refractivity contribution in [2.75, 3.05) is 47.8 Å². The Morgan fingerprint density at radius 1 is 1.10 bits per heavy atom. The van der Waals surface area contributed by atoms with Crippen molar-refractivity contribution < 1.29 is 0 Å². The number of hydrogen-bond acceptors (Lipinski definition) is 3. The fourth-order valence-electron chi connectivity index (χ4n) is 3.64. The summed E-state index contributed by atoms with van der Waals surface area (Å²) in [5.74, 6) is 2.60. The molecule has 120 valence electrons. The van der Waals surface area contributed by atoms with Crippen LogP contribution in [-0.4, -0.2) is 63.7 Å².